The van der Waals surface area contributed by atoms with Gasteiger partial charge in [-0.3, -0.25) is 9.13 Å². The summed E-state index contributed by atoms with van der Waals surface area (Å²) in [5, 5.41) is 0. The molecule has 0 saturated carbocycles. The van der Waals surface area contributed by atoms with Crippen molar-refractivity contribution in [3.05, 3.63) is 25.3 Å². The summed E-state index contributed by atoms with van der Waals surface area (Å²) in [4.78, 5) is 23.7. The minimum atomic E-state index is -4.77. The normalized spacial score (nSPS) is 33.9. The molecular weight excluding hydrogens is 638 g/mol. The number of nitrogens with zero attached hydrogens (tertiary/aromatic N) is 8. The number of ether oxygens (including phenoxy) is 2. The number of alkyl halides is 2. The zero-order valence-electron chi connectivity index (χ0n) is 21.9. The minimum absolute atomic E-state index is 0.00128. The number of imidazole rings is 2. The van der Waals surface area contributed by atoms with Crippen LogP contribution in [0.2, 0.25) is 0 Å². The van der Waals surface area contributed by atoms with E-state index in [4.69, 9.17) is 29.3 Å². The van der Waals surface area contributed by atoms with E-state index in [1.54, 1.807) is 0 Å². The van der Waals surface area contributed by atoms with Crippen LogP contribution in [0.1, 0.15) is 12.5 Å². The Morgan fingerprint density at radius 3 is 1.52 bits per heavy atom. The number of anilines is 2. The lowest BCUT2D eigenvalue weighted by Gasteiger charge is -2.24. The molecule has 4 aromatic rings. The molecule has 8 atom stereocenters. The average Bonchev–Trinajstić information content (AvgIpc) is 3.73. The summed E-state index contributed by atoms with van der Waals surface area (Å²) in [6.45, 7) is -1.46. The van der Waals surface area contributed by atoms with Crippen LogP contribution < -0.4 is 20.9 Å². The van der Waals surface area contributed by atoms with Crippen molar-refractivity contribution in [3.63, 3.8) is 0 Å². The highest BCUT2D eigenvalue weighted by Crippen LogP contribution is 2.38. The van der Waals surface area contributed by atoms with Gasteiger partial charge in [-0.2, -0.15) is 26.3 Å². The lowest BCUT2D eigenvalue weighted by atomic mass is 10.1. The number of hydrogen-bond donors (Lipinski definition) is 4. The zero-order valence-corrected chi connectivity index (χ0v) is 23.5. The molecule has 3 aliphatic rings. The zero-order chi connectivity index (χ0) is 31.0. The van der Waals surface area contributed by atoms with Crippen molar-refractivity contribution in [3.8, 4) is 0 Å². The fraction of sp³-hybridized carbons (Fsp3) is 0.500. The first kappa shape index (κ1) is 29.0. The second kappa shape index (κ2) is 10.4. The van der Waals surface area contributed by atoms with Crippen molar-refractivity contribution >= 4 is 54.6 Å². The van der Waals surface area contributed by atoms with Crippen LogP contribution in [0.4, 0.5) is 20.4 Å². The molecule has 0 unspecified atom stereocenters. The highest BCUT2D eigenvalue weighted by molar-refractivity contribution is 7.85. The number of fused-ring (bicyclic) bond motifs is 4. The first-order valence-electron chi connectivity index (χ1n) is 12.7. The highest BCUT2D eigenvalue weighted by atomic mass is 32.2. The molecule has 4 aromatic heterocycles. The maximum atomic E-state index is 15.8. The van der Waals surface area contributed by atoms with Gasteiger partial charge in [0.1, 0.15) is 48.1 Å². The molecule has 3 fully saturated rings. The number of aromatic nitrogens is 8. The summed E-state index contributed by atoms with van der Waals surface area (Å²) in [5.41, 5.74) is 12.0. The van der Waals surface area contributed by atoms with Crippen molar-refractivity contribution < 1.29 is 43.5 Å². The maximum absolute atomic E-state index is 15.8. The first-order chi connectivity index (χ1) is 20.9. The second-order valence-electron chi connectivity index (χ2n) is 9.91. The van der Waals surface area contributed by atoms with Crippen LogP contribution in [0.25, 0.3) is 22.3 Å². The summed E-state index contributed by atoms with van der Waals surface area (Å²) in [6, 6.07) is 0. The van der Waals surface area contributed by atoms with E-state index in [0.29, 0.717) is 0 Å². The van der Waals surface area contributed by atoms with Gasteiger partial charge in [-0.05, 0) is 0 Å². The molecule has 7 rings (SSSR count). The van der Waals surface area contributed by atoms with Crippen LogP contribution in [0, 0.1) is 0 Å². The third-order valence-corrected chi connectivity index (χ3v) is 9.25. The van der Waals surface area contributed by atoms with Gasteiger partial charge in [-0.15, -0.1) is 0 Å². The van der Waals surface area contributed by atoms with Crippen molar-refractivity contribution in [2.24, 2.45) is 0 Å². The molecule has 0 aliphatic carbocycles. The Balaban J connectivity index is 1.17. The van der Waals surface area contributed by atoms with Crippen LogP contribution >= 0.6 is 0 Å². The maximum Gasteiger partial charge on any atom is 0.336 e. The average molecular weight is 661 g/mol. The molecule has 0 amide bonds. The topological polar surface area (TPSA) is 268 Å². The first-order valence-corrected chi connectivity index (χ1v) is 15.5. The molecule has 3 saturated heterocycles. The highest BCUT2D eigenvalue weighted by Gasteiger charge is 2.53. The quantitative estimate of drug-likeness (QED) is 0.177. The van der Waals surface area contributed by atoms with E-state index in [0.717, 1.165) is 34.4 Å². The van der Waals surface area contributed by atoms with Gasteiger partial charge in [0.25, 0.3) is 0 Å². The molecule has 7 heterocycles. The lowest BCUT2D eigenvalue weighted by molar-refractivity contribution is -0.0214. The van der Waals surface area contributed by atoms with E-state index in [2.05, 4.69) is 29.9 Å². The number of hydrogen-bond acceptors (Lipinski definition) is 16. The van der Waals surface area contributed by atoms with Crippen molar-refractivity contribution in [1.29, 1.82) is 0 Å². The number of nitrogens with one attached hydrogen (secondary N) is 2. The van der Waals surface area contributed by atoms with Gasteiger partial charge in [0.15, 0.2) is 47.7 Å². The van der Waals surface area contributed by atoms with Gasteiger partial charge in [0.05, 0.1) is 12.7 Å². The Labute approximate surface area is 245 Å². The predicted octanol–water partition coefficient (Wildman–Crippen LogP) is -2.25. The standard InChI is InChI=1S/C20H22F2N12O8S2/c21-9-13-7(39-19(9)33-5-29-11-15(23)25-3-27-17(11)33)1-31-43(35,36)42-14-8(2-32-44(37,38)41-13)40-20(10(14)22)34-6-30-12-16(24)26-4-28-18(12)34/h3-10,13-14,19-20,31-32H,1-2H2,(H2,23,25,27)(H2,24,26,28)/t7-,8-,9-,10-,13-,14-,19-,20-/m1/s1. The fourth-order valence-corrected chi connectivity index (χ4v) is 7.15. The van der Waals surface area contributed by atoms with Gasteiger partial charge in [-0.25, -0.2) is 47.1 Å². The molecule has 20 nitrogen and oxygen atoms in total. The van der Waals surface area contributed by atoms with Crippen molar-refractivity contribution in [1.82, 2.24) is 48.5 Å². The summed E-state index contributed by atoms with van der Waals surface area (Å²) in [5.74, 6) is 0.00256. The van der Waals surface area contributed by atoms with Crippen LogP contribution in [0.15, 0.2) is 25.3 Å². The number of nitrogen functional groups attached to an aromatic ring is 2. The molecule has 24 heteroatoms. The molecule has 0 radical (unpaired) electrons. The Morgan fingerprint density at radius 2 is 1.11 bits per heavy atom. The third-order valence-electron chi connectivity index (χ3n) is 7.25. The molecule has 236 valence electrons. The van der Waals surface area contributed by atoms with Gasteiger partial charge in [0.2, 0.25) is 0 Å². The van der Waals surface area contributed by atoms with Crippen LogP contribution in [-0.4, -0.2) is 106 Å². The molecule has 6 N–H and O–H groups in total. The lowest BCUT2D eigenvalue weighted by Crippen LogP contribution is -2.49. The second-order valence-corrected chi connectivity index (χ2v) is 12.7. The van der Waals surface area contributed by atoms with Crippen molar-refractivity contribution in [2.75, 3.05) is 24.6 Å². The molecule has 0 spiro atoms. The summed E-state index contributed by atoms with van der Waals surface area (Å²) in [6.07, 6.45) is -9.72. The molecule has 0 bridgehead atoms. The SMILES string of the molecule is Nc1ncnc2c1ncn2[C@@H]1O[C@@H]2CNS(=O)(=O)O[C@H]3[C@@H](F)[C@H](n4cnc5c(N)ncnc54)O[C@@H]3CNS(=O)(=O)O[C@H]2[C@H]1F. The summed E-state index contributed by atoms with van der Waals surface area (Å²) >= 11 is 0. The van der Waals surface area contributed by atoms with Gasteiger partial charge in [0, 0.05) is 13.1 Å². The Morgan fingerprint density at radius 1 is 0.705 bits per heavy atom. The number of rotatable bonds is 2. The molecule has 3 aliphatic heterocycles. The third kappa shape index (κ3) is 4.87. The van der Waals surface area contributed by atoms with Gasteiger partial charge in [-0.1, -0.05) is 0 Å². The predicted molar refractivity (Wildman–Crippen MR) is 141 cm³/mol. The number of nitrogens with two attached hydrogens (primary N) is 2. The monoisotopic (exact) mass is 660 g/mol. The molecular formula is C20H22F2N12O8S2. The van der Waals surface area contributed by atoms with Gasteiger partial charge >= 0.3 is 20.6 Å². The smallest absolute Gasteiger partial charge is 0.336 e. The van der Waals surface area contributed by atoms with Crippen molar-refractivity contribution in [2.45, 2.75) is 49.2 Å². The Kier molecular flexibility index (Phi) is 6.85. The van der Waals surface area contributed by atoms with E-state index in [1.165, 1.54) is 0 Å². The van der Waals surface area contributed by atoms with E-state index in [1.807, 2.05) is 9.44 Å². The summed E-state index contributed by atoms with van der Waals surface area (Å²) < 4.78 is 112. The van der Waals surface area contributed by atoms with E-state index in [9.17, 15) is 16.8 Å². The molecule has 44 heavy (non-hydrogen) atoms. The Hall–Kier alpha value is -3.78. The van der Waals surface area contributed by atoms with E-state index >= 15 is 8.78 Å². The van der Waals surface area contributed by atoms with Crippen LogP contribution in [0.5, 0.6) is 0 Å². The molecule has 0 aromatic carbocycles. The van der Waals surface area contributed by atoms with Crippen LogP contribution in [-0.2, 0) is 38.4 Å². The van der Waals surface area contributed by atoms with E-state index in [-0.39, 0.29) is 34.0 Å². The number of halogens is 2. The van der Waals surface area contributed by atoms with Gasteiger partial charge < -0.3 is 20.9 Å². The van der Waals surface area contributed by atoms with Crippen LogP contribution in [0.3, 0.4) is 0 Å². The summed E-state index contributed by atoms with van der Waals surface area (Å²) in [7, 11) is -9.53. The fourth-order valence-electron chi connectivity index (χ4n) is 5.24. The van der Waals surface area contributed by atoms with E-state index < -0.39 is 82.9 Å². The Bertz CT molecular complexity index is 1820. The minimum Gasteiger partial charge on any atom is -0.382 e. The largest absolute Gasteiger partial charge is 0.382 e.